The third kappa shape index (κ3) is 4.50. The zero-order chi connectivity index (χ0) is 17.6. The maximum atomic E-state index is 11.6. The van der Waals surface area contributed by atoms with Crippen LogP contribution in [0.2, 0.25) is 0 Å². The van der Waals surface area contributed by atoms with E-state index in [9.17, 15) is 4.79 Å². The van der Waals surface area contributed by atoms with E-state index >= 15 is 0 Å². The minimum absolute atomic E-state index is 0.0884. The van der Waals surface area contributed by atoms with Crippen molar-refractivity contribution in [2.24, 2.45) is 0 Å². The number of benzene rings is 1. The lowest BCUT2D eigenvalue weighted by molar-refractivity contribution is 0.250. The quantitative estimate of drug-likeness (QED) is 0.553. The second-order valence-corrected chi connectivity index (χ2v) is 6.22. The average Bonchev–Trinajstić information content (AvgIpc) is 2.99. The molecule has 0 unspecified atom stereocenters. The highest BCUT2D eigenvalue weighted by atomic mass is 16.2. The Morgan fingerprint density at radius 1 is 1.20 bits per heavy atom. The fourth-order valence-corrected chi connectivity index (χ4v) is 2.67. The molecule has 4 N–H and O–H groups in total. The number of pyridine rings is 1. The third-order valence-corrected chi connectivity index (χ3v) is 3.82. The lowest BCUT2D eigenvalue weighted by Gasteiger charge is -2.10. The van der Waals surface area contributed by atoms with E-state index in [0.717, 1.165) is 24.2 Å². The number of nitrogens with one attached hydrogen (secondary N) is 4. The van der Waals surface area contributed by atoms with Crippen molar-refractivity contribution >= 4 is 28.4 Å². The van der Waals surface area contributed by atoms with E-state index in [1.165, 1.54) is 10.9 Å². The van der Waals surface area contributed by atoms with E-state index in [-0.39, 0.29) is 12.1 Å². The van der Waals surface area contributed by atoms with Gasteiger partial charge in [0.25, 0.3) is 0 Å². The fourth-order valence-electron chi connectivity index (χ4n) is 2.67. The molecule has 0 spiro atoms. The van der Waals surface area contributed by atoms with E-state index in [4.69, 9.17) is 0 Å². The molecular weight excluding hydrogens is 314 g/mol. The Morgan fingerprint density at radius 2 is 2.04 bits per heavy atom. The zero-order valence-corrected chi connectivity index (χ0v) is 14.5. The number of para-hydroxylation sites is 1. The summed E-state index contributed by atoms with van der Waals surface area (Å²) in [6.45, 7) is 4.63. The van der Waals surface area contributed by atoms with Crippen LogP contribution in [0.1, 0.15) is 19.4 Å². The molecule has 0 saturated carbocycles. The SMILES string of the molecule is CC(C)NC(=O)Nc1ccc(NCCc2c[nH]c3ccccc23)cn1. The molecule has 0 radical (unpaired) electrons. The van der Waals surface area contributed by atoms with Crippen LogP contribution >= 0.6 is 0 Å². The molecule has 6 nitrogen and oxygen atoms in total. The van der Waals surface area contributed by atoms with Gasteiger partial charge >= 0.3 is 6.03 Å². The molecule has 0 bridgehead atoms. The maximum Gasteiger partial charge on any atom is 0.320 e. The predicted octanol–water partition coefficient (Wildman–Crippen LogP) is 3.75. The Kier molecular flexibility index (Phi) is 5.18. The average molecular weight is 337 g/mol. The van der Waals surface area contributed by atoms with Crippen LogP contribution in [0.25, 0.3) is 10.9 Å². The number of aromatic nitrogens is 2. The molecule has 0 fully saturated rings. The van der Waals surface area contributed by atoms with Crippen LogP contribution in [0.5, 0.6) is 0 Å². The van der Waals surface area contributed by atoms with E-state index in [2.05, 4.69) is 50.3 Å². The van der Waals surface area contributed by atoms with Crippen LogP contribution in [-0.4, -0.2) is 28.6 Å². The Hall–Kier alpha value is -3.02. The number of amides is 2. The number of carbonyl (C=O) groups is 1. The number of hydrogen-bond donors (Lipinski definition) is 4. The lowest BCUT2D eigenvalue weighted by atomic mass is 10.1. The van der Waals surface area contributed by atoms with Gasteiger partial charge in [-0.25, -0.2) is 9.78 Å². The Balaban J connectivity index is 1.51. The van der Waals surface area contributed by atoms with Gasteiger partial charge in [0.15, 0.2) is 0 Å². The van der Waals surface area contributed by atoms with Gasteiger partial charge in [0.1, 0.15) is 5.82 Å². The molecule has 0 aliphatic rings. The molecule has 3 rings (SSSR count). The minimum Gasteiger partial charge on any atom is -0.383 e. The summed E-state index contributed by atoms with van der Waals surface area (Å²) in [5, 5.41) is 10.1. The third-order valence-electron chi connectivity index (χ3n) is 3.82. The number of carbonyl (C=O) groups excluding carboxylic acids is 1. The first-order chi connectivity index (χ1) is 12.1. The maximum absolute atomic E-state index is 11.6. The van der Waals surface area contributed by atoms with Gasteiger partial charge in [-0.15, -0.1) is 0 Å². The predicted molar refractivity (Wildman–Crippen MR) is 102 cm³/mol. The number of fused-ring (bicyclic) bond motifs is 1. The van der Waals surface area contributed by atoms with Crippen LogP contribution in [0, 0.1) is 0 Å². The van der Waals surface area contributed by atoms with Crippen LogP contribution < -0.4 is 16.0 Å². The molecular formula is C19H23N5O. The summed E-state index contributed by atoms with van der Waals surface area (Å²) in [4.78, 5) is 19.2. The normalized spacial score (nSPS) is 10.8. The second kappa shape index (κ2) is 7.70. The van der Waals surface area contributed by atoms with Crippen molar-refractivity contribution in [3.8, 4) is 0 Å². The van der Waals surface area contributed by atoms with Crippen molar-refractivity contribution in [3.63, 3.8) is 0 Å². The van der Waals surface area contributed by atoms with Crippen LogP contribution in [0.4, 0.5) is 16.3 Å². The smallest absolute Gasteiger partial charge is 0.320 e. The Labute approximate surface area is 147 Å². The number of rotatable bonds is 6. The van der Waals surface area contributed by atoms with Crippen molar-refractivity contribution < 1.29 is 4.79 Å². The van der Waals surface area contributed by atoms with E-state index < -0.39 is 0 Å². The van der Waals surface area contributed by atoms with Gasteiger partial charge in [-0.05, 0) is 44.0 Å². The Bertz CT molecular complexity index is 838. The summed E-state index contributed by atoms with van der Waals surface area (Å²) in [7, 11) is 0. The summed E-state index contributed by atoms with van der Waals surface area (Å²) in [6.07, 6.45) is 4.70. The van der Waals surface area contributed by atoms with Gasteiger partial charge in [0.2, 0.25) is 0 Å². The monoisotopic (exact) mass is 337 g/mol. The van der Waals surface area contributed by atoms with Crippen molar-refractivity contribution in [2.75, 3.05) is 17.2 Å². The highest BCUT2D eigenvalue weighted by molar-refractivity contribution is 5.88. The summed E-state index contributed by atoms with van der Waals surface area (Å²) in [5.41, 5.74) is 3.38. The number of aromatic amines is 1. The molecule has 25 heavy (non-hydrogen) atoms. The van der Waals surface area contributed by atoms with Gasteiger partial charge in [-0.1, -0.05) is 18.2 Å². The second-order valence-electron chi connectivity index (χ2n) is 6.22. The summed E-state index contributed by atoms with van der Waals surface area (Å²) < 4.78 is 0. The molecule has 0 aliphatic heterocycles. The molecule has 130 valence electrons. The highest BCUT2D eigenvalue weighted by Gasteiger charge is 2.05. The molecule has 0 saturated heterocycles. The number of nitrogens with zero attached hydrogens (tertiary/aromatic N) is 1. The van der Waals surface area contributed by atoms with Crippen molar-refractivity contribution in [2.45, 2.75) is 26.3 Å². The van der Waals surface area contributed by atoms with Crippen LogP contribution in [0.3, 0.4) is 0 Å². The standard InChI is InChI=1S/C19H23N5O/c1-13(2)23-19(25)24-18-8-7-15(12-22-18)20-10-9-14-11-21-17-6-4-3-5-16(14)17/h3-8,11-13,20-21H,9-10H2,1-2H3,(H2,22,23,24,25). The fraction of sp³-hybridized carbons (Fsp3) is 0.263. The number of urea groups is 1. The summed E-state index contributed by atoms with van der Waals surface area (Å²) in [6, 6.07) is 11.8. The van der Waals surface area contributed by atoms with Gasteiger partial charge < -0.3 is 15.6 Å². The molecule has 2 aromatic heterocycles. The molecule has 0 aliphatic carbocycles. The minimum atomic E-state index is -0.248. The van der Waals surface area contributed by atoms with E-state index in [1.54, 1.807) is 12.3 Å². The van der Waals surface area contributed by atoms with Gasteiger partial charge in [0.05, 0.1) is 11.9 Å². The van der Waals surface area contributed by atoms with Crippen molar-refractivity contribution in [1.29, 1.82) is 0 Å². The topological polar surface area (TPSA) is 81.8 Å². The first-order valence-electron chi connectivity index (χ1n) is 8.44. The molecule has 2 heterocycles. The Morgan fingerprint density at radius 3 is 2.80 bits per heavy atom. The van der Waals surface area contributed by atoms with Gasteiger partial charge in [-0.2, -0.15) is 0 Å². The first-order valence-corrected chi connectivity index (χ1v) is 8.44. The van der Waals surface area contributed by atoms with E-state index in [0.29, 0.717) is 5.82 Å². The van der Waals surface area contributed by atoms with Crippen molar-refractivity contribution in [3.05, 3.63) is 54.4 Å². The molecule has 0 atom stereocenters. The highest BCUT2D eigenvalue weighted by Crippen LogP contribution is 2.18. The summed E-state index contributed by atoms with van der Waals surface area (Å²) >= 11 is 0. The number of hydrogen-bond acceptors (Lipinski definition) is 3. The van der Waals surface area contributed by atoms with Crippen LogP contribution in [-0.2, 0) is 6.42 Å². The molecule has 6 heteroatoms. The van der Waals surface area contributed by atoms with Crippen molar-refractivity contribution in [1.82, 2.24) is 15.3 Å². The number of anilines is 2. The lowest BCUT2D eigenvalue weighted by Crippen LogP contribution is -2.34. The largest absolute Gasteiger partial charge is 0.383 e. The van der Waals surface area contributed by atoms with Gasteiger partial charge in [0, 0.05) is 29.7 Å². The summed E-state index contributed by atoms with van der Waals surface area (Å²) in [5.74, 6) is 0.528. The van der Waals surface area contributed by atoms with Crippen LogP contribution in [0.15, 0.2) is 48.8 Å². The van der Waals surface area contributed by atoms with Gasteiger partial charge in [-0.3, -0.25) is 5.32 Å². The molecule has 3 aromatic rings. The number of H-pyrrole nitrogens is 1. The first kappa shape index (κ1) is 16.8. The van der Waals surface area contributed by atoms with E-state index in [1.807, 2.05) is 26.0 Å². The zero-order valence-electron chi connectivity index (χ0n) is 14.5. The molecule has 2 amide bonds. The molecule has 1 aromatic carbocycles.